The Bertz CT molecular complexity index is 329. The van der Waals surface area contributed by atoms with Gasteiger partial charge < -0.3 is 16.0 Å². The van der Waals surface area contributed by atoms with E-state index in [0.29, 0.717) is 19.5 Å². The highest BCUT2D eigenvalue weighted by Crippen LogP contribution is 2.17. The second-order valence-corrected chi connectivity index (χ2v) is 6.23. The van der Waals surface area contributed by atoms with E-state index in [1.165, 1.54) is 0 Å². The third-order valence-electron chi connectivity index (χ3n) is 3.53. The molecule has 1 atom stereocenters. The minimum absolute atomic E-state index is 0. The molecule has 118 valence electrons. The van der Waals surface area contributed by atoms with Crippen LogP contribution in [-0.2, 0) is 9.59 Å². The Labute approximate surface area is 128 Å². The fraction of sp³-hybridized carbons (Fsp3) is 0.857. The Hall–Kier alpha value is -0.810. The van der Waals surface area contributed by atoms with Crippen molar-refractivity contribution in [2.75, 3.05) is 19.6 Å². The first-order chi connectivity index (χ1) is 8.86. The number of nitrogens with two attached hydrogens (primary N) is 1. The van der Waals surface area contributed by atoms with Gasteiger partial charge in [-0.2, -0.15) is 0 Å². The van der Waals surface area contributed by atoms with Gasteiger partial charge in [0.15, 0.2) is 0 Å². The maximum Gasteiger partial charge on any atom is 0.225 e. The summed E-state index contributed by atoms with van der Waals surface area (Å²) >= 11 is 0. The first-order valence-electron chi connectivity index (χ1n) is 7.14. The zero-order valence-electron chi connectivity index (χ0n) is 12.8. The number of rotatable bonds is 4. The summed E-state index contributed by atoms with van der Waals surface area (Å²) in [6.07, 6.45) is 3.55. The second-order valence-electron chi connectivity index (χ2n) is 6.23. The van der Waals surface area contributed by atoms with Crippen molar-refractivity contribution < 1.29 is 9.59 Å². The topological polar surface area (TPSA) is 75.4 Å². The number of hydrogen-bond donors (Lipinski definition) is 2. The Morgan fingerprint density at radius 3 is 2.50 bits per heavy atom. The van der Waals surface area contributed by atoms with Gasteiger partial charge >= 0.3 is 0 Å². The third kappa shape index (κ3) is 5.67. The van der Waals surface area contributed by atoms with Crippen LogP contribution in [0.4, 0.5) is 0 Å². The molecular weight excluding hydrogens is 278 g/mol. The molecule has 0 saturated carbocycles. The lowest BCUT2D eigenvalue weighted by atomic mass is 9.96. The van der Waals surface area contributed by atoms with Crippen LogP contribution < -0.4 is 11.1 Å². The molecule has 1 fully saturated rings. The standard InChI is InChI=1S/C14H27N3O2.ClH/c1-14(2,3)13(19)16-8-7-12(18)17-9-5-4-6-11(17)10-15;/h11H,4-10,15H2,1-3H3,(H,16,19);1H. The summed E-state index contributed by atoms with van der Waals surface area (Å²) in [5.74, 6) is 0.0821. The van der Waals surface area contributed by atoms with E-state index in [2.05, 4.69) is 5.32 Å². The van der Waals surface area contributed by atoms with E-state index < -0.39 is 5.41 Å². The monoisotopic (exact) mass is 305 g/mol. The van der Waals surface area contributed by atoms with Crippen LogP contribution in [0.15, 0.2) is 0 Å². The van der Waals surface area contributed by atoms with Gasteiger partial charge in [0.1, 0.15) is 0 Å². The number of nitrogens with one attached hydrogen (secondary N) is 1. The summed E-state index contributed by atoms with van der Waals surface area (Å²) in [5, 5.41) is 2.81. The number of likely N-dealkylation sites (tertiary alicyclic amines) is 1. The lowest BCUT2D eigenvalue weighted by Crippen LogP contribution is -2.48. The highest BCUT2D eigenvalue weighted by molar-refractivity contribution is 5.85. The third-order valence-corrected chi connectivity index (χ3v) is 3.53. The molecule has 1 rings (SSSR count). The molecule has 1 heterocycles. The zero-order chi connectivity index (χ0) is 14.5. The molecule has 1 unspecified atom stereocenters. The molecular formula is C14H28ClN3O2. The van der Waals surface area contributed by atoms with Crippen LogP contribution in [0.1, 0.15) is 46.5 Å². The molecule has 0 radical (unpaired) electrons. The summed E-state index contributed by atoms with van der Waals surface area (Å²) in [4.78, 5) is 25.7. The van der Waals surface area contributed by atoms with Gasteiger partial charge in [-0.05, 0) is 19.3 Å². The minimum atomic E-state index is -0.409. The summed E-state index contributed by atoms with van der Waals surface area (Å²) < 4.78 is 0. The summed E-state index contributed by atoms with van der Waals surface area (Å²) in [6, 6.07) is 0.180. The van der Waals surface area contributed by atoms with E-state index in [-0.39, 0.29) is 30.3 Å². The largest absolute Gasteiger partial charge is 0.355 e. The average molecular weight is 306 g/mol. The second kappa shape index (κ2) is 8.47. The van der Waals surface area contributed by atoms with Gasteiger partial charge in [0.25, 0.3) is 0 Å². The van der Waals surface area contributed by atoms with Crippen molar-refractivity contribution in [2.45, 2.75) is 52.5 Å². The van der Waals surface area contributed by atoms with Crippen LogP contribution in [0.3, 0.4) is 0 Å². The molecule has 0 aromatic heterocycles. The Kier molecular flexibility index (Phi) is 8.13. The normalized spacial score (nSPS) is 19.2. The maximum absolute atomic E-state index is 12.1. The molecule has 6 heteroatoms. The first-order valence-corrected chi connectivity index (χ1v) is 7.14. The van der Waals surface area contributed by atoms with E-state index >= 15 is 0 Å². The Morgan fingerprint density at radius 1 is 1.30 bits per heavy atom. The number of hydrogen-bond acceptors (Lipinski definition) is 3. The number of halogens is 1. The zero-order valence-corrected chi connectivity index (χ0v) is 13.6. The molecule has 1 saturated heterocycles. The Balaban J connectivity index is 0.00000361. The lowest BCUT2D eigenvalue weighted by molar-refractivity contribution is -0.134. The molecule has 5 nitrogen and oxygen atoms in total. The van der Waals surface area contributed by atoms with Gasteiger partial charge in [-0.25, -0.2) is 0 Å². The van der Waals surface area contributed by atoms with Crippen LogP contribution >= 0.6 is 12.4 Å². The molecule has 1 aliphatic rings. The van der Waals surface area contributed by atoms with E-state index in [9.17, 15) is 9.59 Å². The van der Waals surface area contributed by atoms with Crippen LogP contribution in [0, 0.1) is 5.41 Å². The fourth-order valence-corrected chi connectivity index (χ4v) is 2.27. The average Bonchev–Trinajstić information content (AvgIpc) is 2.37. The van der Waals surface area contributed by atoms with Crippen molar-refractivity contribution in [3.05, 3.63) is 0 Å². The molecule has 1 aliphatic heterocycles. The van der Waals surface area contributed by atoms with E-state index in [1.807, 2.05) is 25.7 Å². The molecule has 0 spiro atoms. The predicted molar refractivity (Wildman–Crippen MR) is 82.7 cm³/mol. The SMILES string of the molecule is CC(C)(C)C(=O)NCCC(=O)N1CCCCC1CN.Cl. The molecule has 3 N–H and O–H groups in total. The molecule has 0 aromatic rings. The van der Waals surface area contributed by atoms with Gasteiger partial charge in [0.2, 0.25) is 11.8 Å². The van der Waals surface area contributed by atoms with Crippen molar-refractivity contribution in [1.82, 2.24) is 10.2 Å². The molecule has 2 amide bonds. The van der Waals surface area contributed by atoms with E-state index in [0.717, 1.165) is 25.8 Å². The van der Waals surface area contributed by atoms with Crippen LogP contribution in [-0.4, -0.2) is 42.4 Å². The first kappa shape index (κ1) is 19.2. The van der Waals surface area contributed by atoms with Crippen molar-refractivity contribution >= 4 is 24.2 Å². The fourth-order valence-electron chi connectivity index (χ4n) is 2.27. The molecule has 20 heavy (non-hydrogen) atoms. The number of carbonyl (C=O) groups is 2. The van der Waals surface area contributed by atoms with Gasteiger partial charge in [-0.1, -0.05) is 20.8 Å². The minimum Gasteiger partial charge on any atom is -0.355 e. The quantitative estimate of drug-likeness (QED) is 0.822. The van der Waals surface area contributed by atoms with Crippen LogP contribution in [0.2, 0.25) is 0 Å². The summed E-state index contributed by atoms with van der Waals surface area (Å²) in [7, 11) is 0. The summed E-state index contributed by atoms with van der Waals surface area (Å²) in [5.41, 5.74) is 5.29. The number of carbonyl (C=O) groups excluding carboxylic acids is 2. The van der Waals surface area contributed by atoms with E-state index in [1.54, 1.807) is 0 Å². The van der Waals surface area contributed by atoms with Crippen molar-refractivity contribution in [3.8, 4) is 0 Å². The number of amides is 2. The van der Waals surface area contributed by atoms with Crippen LogP contribution in [0.25, 0.3) is 0 Å². The number of nitrogens with zero attached hydrogens (tertiary/aromatic N) is 1. The highest BCUT2D eigenvalue weighted by Gasteiger charge is 2.26. The van der Waals surface area contributed by atoms with Crippen molar-refractivity contribution in [1.29, 1.82) is 0 Å². The van der Waals surface area contributed by atoms with Gasteiger partial charge in [-0.3, -0.25) is 9.59 Å². The van der Waals surface area contributed by atoms with Crippen molar-refractivity contribution in [3.63, 3.8) is 0 Å². The maximum atomic E-state index is 12.1. The lowest BCUT2D eigenvalue weighted by Gasteiger charge is -2.35. The highest BCUT2D eigenvalue weighted by atomic mass is 35.5. The van der Waals surface area contributed by atoms with Gasteiger partial charge in [-0.15, -0.1) is 12.4 Å². The molecule has 0 bridgehead atoms. The van der Waals surface area contributed by atoms with E-state index in [4.69, 9.17) is 5.73 Å². The number of piperidine rings is 1. The smallest absolute Gasteiger partial charge is 0.225 e. The summed E-state index contributed by atoms with van der Waals surface area (Å²) in [6.45, 7) is 7.31. The predicted octanol–water partition coefficient (Wildman–Crippen LogP) is 1.30. The van der Waals surface area contributed by atoms with Gasteiger partial charge in [0, 0.05) is 37.5 Å². The van der Waals surface area contributed by atoms with Gasteiger partial charge in [0.05, 0.1) is 0 Å². The molecule has 0 aromatic carbocycles. The van der Waals surface area contributed by atoms with Crippen molar-refractivity contribution in [2.24, 2.45) is 11.1 Å². The molecule has 0 aliphatic carbocycles. The Morgan fingerprint density at radius 2 is 1.95 bits per heavy atom. The van der Waals surface area contributed by atoms with Crippen LogP contribution in [0.5, 0.6) is 0 Å².